The Labute approximate surface area is 91.1 Å². The highest BCUT2D eigenvalue weighted by molar-refractivity contribution is 5.34. The van der Waals surface area contributed by atoms with Crippen molar-refractivity contribution in [3.05, 3.63) is 24.0 Å². The average Bonchev–Trinajstić information content (AvgIpc) is 2.19. The molecule has 1 heterocycles. The van der Waals surface area contributed by atoms with Gasteiger partial charge < -0.3 is 11.1 Å². The second-order valence-corrected chi connectivity index (χ2v) is 4.67. The van der Waals surface area contributed by atoms with Crippen LogP contribution < -0.4 is 11.1 Å². The first-order valence-electron chi connectivity index (χ1n) is 5.63. The van der Waals surface area contributed by atoms with Gasteiger partial charge in [0.2, 0.25) is 0 Å². The Morgan fingerprint density at radius 1 is 1.47 bits per heavy atom. The van der Waals surface area contributed by atoms with E-state index >= 15 is 0 Å². The summed E-state index contributed by atoms with van der Waals surface area (Å²) in [6.07, 6.45) is 6.68. The lowest BCUT2D eigenvalue weighted by molar-refractivity contribution is 0.210. The van der Waals surface area contributed by atoms with Crippen LogP contribution in [-0.2, 0) is 6.42 Å². The molecule has 1 aliphatic carbocycles. The van der Waals surface area contributed by atoms with Crippen LogP contribution in [0.5, 0.6) is 0 Å². The molecule has 0 radical (unpaired) electrons. The molecular formula is C12H19N3. The molecule has 0 spiro atoms. The van der Waals surface area contributed by atoms with E-state index in [1.54, 1.807) is 6.20 Å². The molecule has 2 rings (SSSR count). The zero-order valence-corrected chi connectivity index (χ0v) is 9.29. The number of rotatable bonds is 4. The largest absolute Gasteiger partial charge is 0.397 e. The van der Waals surface area contributed by atoms with Crippen molar-refractivity contribution in [3.63, 3.8) is 0 Å². The van der Waals surface area contributed by atoms with Crippen LogP contribution in [0, 0.1) is 0 Å². The summed E-state index contributed by atoms with van der Waals surface area (Å²) >= 11 is 0. The minimum Gasteiger partial charge on any atom is -0.397 e. The maximum atomic E-state index is 5.58. The lowest BCUT2D eigenvalue weighted by Gasteiger charge is -2.39. The molecule has 0 amide bonds. The van der Waals surface area contributed by atoms with E-state index in [4.69, 9.17) is 5.73 Å². The summed E-state index contributed by atoms with van der Waals surface area (Å²) in [5, 5.41) is 3.59. The highest BCUT2D eigenvalue weighted by Crippen LogP contribution is 2.30. The summed E-state index contributed by atoms with van der Waals surface area (Å²) in [6, 6.07) is 3.91. The fourth-order valence-corrected chi connectivity index (χ4v) is 1.96. The Kier molecular flexibility index (Phi) is 2.91. The number of anilines is 1. The third kappa shape index (κ3) is 2.69. The molecule has 3 N–H and O–H groups in total. The molecule has 15 heavy (non-hydrogen) atoms. The topological polar surface area (TPSA) is 50.9 Å². The molecule has 0 aliphatic heterocycles. The zero-order chi connectivity index (χ0) is 10.7. The fraction of sp³-hybridized carbons (Fsp3) is 0.583. The summed E-state index contributed by atoms with van der Waals surface area (Å²) < 4.78 is 0. The van der Waals surface area contributed by atoms with Crippen molar-refractivity contribution in [1.82, 2.24) is 10.3 Å². The third-order valence-corrected chi connectivity index (χ3v) is 3.24. The van der Waals surface area contributed by atoms with Gasteiger partial charge in [-0.2, -0.15) is 0 Å². The van der Waals surface area contributed by atoms with Gasteiger partial charge >= 0.3 is 0 Å². The van der Waals surface area contributed by atoms with E-state index in [0.717, 1.165) is 24.3 Å². The summed E-state index contributed by atoms with van der Waals surface area (Å²) in [4.78, 5) is 4.28. The first kappa shape index (κ1) is 10.4. The Morgan fingerprint density at radius 3 is 2.80 bits per heavy atom. The average molecular weight is 205 g/mol. The van der Waals surface area contributed by atoms with Crippen LogP contribution in [0.3, 0.4) is 0 Å². The van der Waals surface area contributed by atoms with Gasteiger partial charge in [0.15, 0.2) is 0 Å². The highest BCUT2D eigenvalue weighted by atomic mass is 15.0. The maximum absolute atomic E-state index is 5.58. The van der Waals surface area contributed by atoms with E-state index in [0.29, 0.717) is 5.54 Å². The molecule has 1 saturated carbocycles. The number of hydrogen-bond acceptors (Lipinski definition) is 3. The van der Waals surface area contributed by atoms with Gasteiger partial charge in [0, 0.05) is 24.2 Å². The standard InChI is InChI=1S/C12H19N3/c1-12(6-2-7-12)15-8-5-11-4-3-10(13)9-14-11/h3-4,9,15H,2,5-8,13H2,1H3. The molecule has 1 aromatic rings. The van der Waals surface area contributed by atoms with Gasteiger partial charge in [0.05, 0.1) is 11.9 Å². The van der Waals surface area contributed by atoms with Gasteiger partial charge in [-0.15, -0.1) is 0 Å². The SMILES string of the molecule is CC1(NCCc2ccc(N)cn2)CCC1. The maximum Gasteiger partial charge on any atom is 0.0501 e. The smallest absolute Gasteiger partial charge is 0.0501 e. The van der Waals surface area contributed by atoms with Gasteiger partial charge in [0.1, 0.15) is 0 Å². The molecule has 82 valence electrons. The van der Waals surface area contributed by atoms with Crippen LogP contribution in [0.4, 0.5) is 5.69 Å². The van der Waals surface area contributed by atoms with Crippen LogP contribution in [-0.4, -0.2) is 17.1 Å². The van der Waals surface area contributed by atoms with E-state index in [2.05, 4.69) is 17.2 Å². The normalized spacial score (nSPS) is 18.5. The molecular weight excluding hydrogens is 186 g/mol. The molecule has 0 bridgehead atoms. The van der Waals surface area contributed by atoms with Gasteiger partial charge in [-0.05, 0) is 38.3 Å². The third-order valence-electron chi connectivity index (χ3n) is 3.24. The molecule has 0 atom stereocenters. The van der Waals surface area contributed by atoms with Crippen molar-refractivity contribution in [1.29, 1.82) is 0 Å². The number of nitrogens with zero attached hydrogens (tertiary/aromatic N) is 1. The molecule has 3 nitrogen and oxygen atoms in total. The Hall–Kier alpha value is -1.09. The van der Waals surface area contributed by atoms with Crippen LogP contribution in [0.15, 0.2) is 18.3 Å². The Balaban J connectivity index is 1.76. The van der Waals surface area contributed by atoms with E-state index in [9.17, 15) is 0 Å². The Morgan fingerprint density at radius 2 is 2.27 bits per heavy atom. The van der Waals surface area contributed by atoms with Gasteiger partial charge in [-0.3, -0.25) is 4.98 Å². The molecule has 1 aromatic heterocycles. The van der Waals surface area contributed by atoms with Crippen molar-refractivity contribution in [2.24, 2.45) is 0 Å². The predicted molar refractivity (Wildman–Crippen MR) is 62.6 cm³/mol. The molecule has 1 aliphatic rings. The van der Waals surface area contributed by atoms with Crippen molar-refractivity contribution in [2.75, 3.05) is 12.3 Å². The van der Waals surface area contributed by atoms with Crippen molar-refractivity contribution >= 4 is 5.69 Å². The van der Waals surface area contributed by atoms with E-state index in [-0.39, 0.29) is 0 Å². The van der Waals surface area contributed by atoms with Crippen LogP contribution in [0.2, 0.25) is 0 Å². The number of hydrogen-bond donors (Lipinski definition) is 2. The molecule has 0 saturated heterocycles. The summed E-state index contributed by atoms with van der Waals surface area (Å²) in [5.41, 5.74) is 7.82. The van der Waals surface area contributed by atoms with Crippen LogP contribution >= 0.6 is 0 Å². The Bertz CT molecular complexity index is 314. The lowest BCUT2D eigenvalue weighted by atomic mass is 9.78. The van der Waals surface area contributed by atoms with Gasteiger partial charge in [-0.1, -0.05) is 0 Å². The van der Waals surface area contributed by atoms with E-state index in [1.165, 1.54) is 19.3 Å². The molecule has 1 fully saturated rings. The second-order valence-electron chi connectivity index (χ2n) is 4.67. The predicted octanol–water partition coefficient (Wildman–Crippen LogP) is 1.74. The molecule has 3 heteroatoms. The summed E-state index contributed by atoms with van der Waals surface area (Å²) in [7, 11) is 0. The number of pyridine rings is 1. The zero-order valence-electron chi connectivity index (χ0n) is 9.29. The molecule has 0 aromatic carbocycles. The van der Waals surface area contributed by atoms with Crippen molar-refractivity contribution in [2.45, 2.75) is 38.1 Å². The number of nitrogens with one attached hydrogen (secondary N) is 1. The lowest BCUT2D eigenvalue weighted by Crippen LogP contribution is -2.48. The summed E-state index contributed by atoms with van der Waals surface area (Å²) in [6.45, 7) is 3.31. The van der Waals surface area contributed by atoms with Gasteiger partial charge in [0.25, 0.3) is 0 Å². The number of nitrogens with two attached hydrogens (primary N) is 1. The first-order chi connectivity index (χ1) is 7.18. The first-order valence-corrected chi connectivity index (χ1v) is 5.63. The fourth-order valence-electron chi connectivity index (χ4n) is 1.96. The van der Waals surface area contributed by atoms with E-state index in [1.807, 2.05) is 12.1 Å². The van der Waals surface area contributed by atoms with Crippen LogP contribution in [0.25, 0.3) is 0 Å². The minimum atomic E-state index is 0.397. The summed E-state index contributed by atoms with van der Waals surface area (Å²) in [5.74, 6) is 0. The minimum absolute atomic E-state index is 0.397. The quantitative estimate of drug-likeness (QED) is 0.787. The van der Waals surface area contributed by atoms with Crippen molar-refractivity contribution in [3.8, 4) is 0 Å². The molecule has 0 unspecified atom stereocenters. The van der Waals surface area contributed by atoms with Gasteiger partial charge in [-0.25, -0.2) is 0 Å². The van der Waals surface area contributed by atoms with Crippen molar-refractivity contribution < 1.29 is 0 Å². The number of aromatic nitrogens is 1. The monoisotopic (exact) mass is 205 g/mol. The number of nitrogen functional groups attached to an aromatic ring is 1. The highest BCUT2D eigenvalue weighted by Gasteiger charge is 2.30. The van der Waals surface area contributed by atoms with Crippen LogP contribution in [0.1, 0.15) is 31.9 Å². The van der Waals surface area contributed by atoms with E-state index < -0.39 is 0 Å². The second kappa shape index (κ2) is 4.19.